The molecule has 2 rings (SSSR count). The van der Waals surface area contributed by atoms with Crippen molar-refractivity contribution in [2.45, 2.75) is 26.7 Å². The number of benzene rings is 1. The summed E-state index contributed by atoms with van der Waals surface area (Å²) in [7, 11) is 1.28. The molecule has 0 fully saturated rings. The predicted octanol–water partition coefficient (Wildman–Crippen LogP) is 3.61. The third kappa shape index (κ3) is 3.05. The van der Waals surface area contributed by atoms with Gasteiger partial charge < -0.3 is 9.84 Å². The minimum Gasteiger partial charge on any atom is -0.505 e. The molecule has 110 valence electrons. The predicted molar refractivity (Wildman–Crippen MR) is 83.3 cm³/mol. The molecule has 0 unspecified atom stereocenters. The van der Waals surface area contributed by atoms with Gasteiger partial charge in [0.2, 0.25) is 0 Å². The summed E-state index contributed by atoms with van der Waals surface area (Å²) in [6, 6.07) is 8.03. The number of hydrogen-bond donors (Lipinski definition) is 1. The van der Waals surface area contributed by atoms with Crippen LogP contribution < -0.4 is 0 Å². The number of carbonyl (C=O) groups excluding carboxylic acids is 1. The number of aliphatic hydroxyl groups is 1. The van der Waals surface area contributed by atoms with Gasteiger partial charge in [-0.2, -0.15) is 0 Å². The van der Waals surface area contributed by atoms with E-state index < -0.39 is 5.97 Å². The van der Waals surface area contributed by atoms with E-state index in [4.69, 9.17) is 0 Å². The van der Waals surface area contributed by atoms with Gasteiger partial charge in [-0.05, 0) is 30.0 Å². The van der Waals surface area contributed by atoms with E-state index >= 15 is 0 Å². The van der Waals surface area contributed by atoms with Gasteiger partial charge in [-0.3, -0.25) is 0 Å². The van der Waals surface area contributed by atoms with Crippen molar-refractivity contribution in [3.63, 3.8) is 0 Å². The van der Waals surface area contributed by atoms with Crippen molar-refractivity contribution in [2.24, 2.45) is 4.99 Å². The highest BCUT2D eigenvalue weighted by Gasteiger charge is 2.27. The van der Waals surface area contributed by atoms with E-state index in [1.165, 1.54) is 12.7 Å². The zero-order chi connectivity index (χ0) is 15.6. The van der Waals surface area contributed by atoms with Gasteiger partial charge in [-0.15, -0.1) is 0 Å². The van der Waals surface area contributed by atoms with Crippen molar-refractivity contribution in [1.82, 2.24) is 0 Å². The first kappa shape index (κ1) is 15.0. The van der Waals surface area contributed by atoms with Crippen LogP contribution in [0.3, 0.4) is 0 Å². The van der Waals surface area contributed by atoms with Gasteiger partial charge >= 0.3 is 5.97 Å². The standard InChI is InChI=1S/C17H19NO3/c1-10(2)13-7-5-12(6-8-13)9-14-16(19)15(11(3)18-14)17(20)21-4/h5-10,19H,1-4H3. The quantitative estimate of drug-likeness (QED) is 0.863. The third-order valence-corrected chi connectivity index (χ3v) is 3.43. The molecule has 0 bridgehead atoms. The lowest BCUT2D eigenvalue weighted by Gasteiger charge is -2.05. The molecule has 0 radical (unpaired) electrons. The molecule has 21 heavy (non-hydrogen) atoms. The molecular formula is C17H19NO3. The number of carbonyl (C=O) groups is 1. The maximum Gasteiger partial charge on any atom is 0.343 e. The number of rotatable bonds is 3. The second-order valence-corrected chi connectivity index (χ2v) is 5.26. The molecule has 1 aromatic rings. The highest BCUT2D eigenvalue weighted by molar-refractivity contribution is 6.21. The highest BCUT2D eigenvalue weighted by atomic mass is 16.5. The molecule has 0 saturated heterocycles. The summed E-state index contributed by atoms with van der Waals surface area (Å²) in [6.45, 7) is 5.94. The van der Waals surface area contributed by atoms with Crippen molar-refractivity contribution in [3.05, 3.63) is 52.4 Å². The summed E-state index contributed by atoms with van der Waals surface area (Å²) in [4.78, 5) is 15.8. The van der Waals surface area contributed by atoms with E-state index in [9.17, 15) is 9.90 Å². The van der Waals surface area contributed by atoms with Crippen molar-refractivity contribution in [2.75, 3.05) is 7.11 Å². The second kappa shape index (κ2) is 5.95. The molecule has 0 spiro atoms. The van der Waals surface area contributed by atoms with Gasteiger partial charge in [0.1, 0.15) is 11.3 Å². The van der Waals surface area contributed by atoms with Crippen molar-refractivity contribution in [1.29, 1.82) is 0 Å². The molecule has 1 aromatic carbocycles. The van der Waals surface area contributed by atoms with Gasteiger partial charge in [0.05, 0.1) is 12.8 Å². The molecule has 1 aliphatic heterocycles. The molecule has 0 amide bonds. The fourth-order valence-electron chi connectivity index (χ4n) is 2.17. The normalized spacial score (nSPS) is 16.6. The monoisotopic (exact) mass is 285 g/mol. The molecule has 0 saturated carbocycles. The summed E-state index contributed by atoms with van der Waals surface area (Å²) in [5, 5.41) is 10.1. The lowest BCUT2D eigenvalue weighted by Crippen LogP contribution is -2.11. The van der Waals surface area contributed by atoms with E-state index in [1.54, 1.807) is 13.0 Å². The van der Waals surface area contributed by atoms with Gasteiger partial charge in [0, 0.05) is 0 Å². The van der Waals surface area contributed by atoms with Crippen LogP contribution in [0.4, 0.5) is 0 Å². The van der Waals surface area contributed by atoms with Crippen LogP contribution in [0.1, 0.15) is 37.8 Å². The topological polar surface area (TPSA) is 58.9 Å². The number of methoxy groups -OCH3 is 1. The van der Waals surface area contributed by atoms with Crippen LogP contribution in [0.25, 0.3) is 6.08 Å². The summed E-state index contributed by atoms with van der Waals surface area (Å²) in [5.74, 6) is -0.239. The van der Waals surface area contributed by atoms with Crippen LogP contribution in [0.5, 0.6) is 0 Å². The number of hydrogen-bond acceptors (Lipinski definition) is 4. The lowest BCUT2D eigenvalue weighted by atomic mass is 10.0. The van der Waals surface area contributed by atoms with E-state index in [0.717, 1.165) is 5.56 Å². The number of aliphatic hydroxyl groups excluding tert-OH is 1. The van der Waals surface area contributed by atoms with E-state index in [2.05, 4.69) is 23.6 Å². The SMILES string of the molecule is COC(=O)C1=C(O)C(=Cc2ccc(C(C)C)cc2)N=C1C. The van der Waals surface area contributed by atoms with Crippen LogP contribution in [-0.4, -0.2) is 23.9 Å². The number of nitrogens with zero attached hydrogens (tertiary/aromatic N) is 1. The molecule has 0 aliphatic carbocycles. The fraction of sp³-hybridized carbons (Fsp3) is 0.294. The van der Waals surface area contributed by atoms with E-state index in [-0.39, 0.29) is 11.3 Å². The third-order valence-electron chi connectivity index (χ3n) is 3.43. The Labute approximate surface area is 124 Å². The Bertz CT molecular complexity index is 649. The molecule has 4 heteroatoms. The van der Waals surface area contributed by atoms with Gasteiger partial charge in [0.25, 0.3) is 0 Å². The average molecular weight is 285 g/mol. The number of ether oxygens (including phenoxy) is 1. The average Bonchev–Trinajstić information content (AvgIpc) is 2.73. The molecular weight excluding hydrogens is 266 g/mol. The first-order valence-electron chi connectivity index (χ1n) is 6.83. The van der Waals surface area contributed by atoms with Crippen LogP contribution >= 0.6 is 0 Å². The minimum atomic E-state index is -0.577. The maximum atomic E-state index is 11.6. The number of aliphatic imine (C=N–C) groups is 1. The molecule has 4 nitrogen and oxygen atoms in total. The van der Waals surface area contributed by atoms with Crippen molar-refractivity contribution >= 4 is 17.8 Å². The summed E-state index contributed by atoms with van der Waals surface area (Å²) in [6.07, 6.45) is 1.75. The Morgan fingerprint density at radius 2 is 1.90 bits per heavy atom. The Morgan fingerprint density at radius 1 is 1.29 bits per heavy atom. The van der Waals surface area contributed by atoms with Gasteiger partial charge in [0.15, 0.2) is 5.76 Å². The zero-order valence-corrected chi connectivity index (χ0v) is 12.7. The highest BCUT2D eigenvalue weighted by Crippen LogP contribution is 2.26. The Kier molecular flexibility index (Phi) is 4.26. The first-order chi connectivity index (χ1) is 9.93. The maximum absolute atomic E-state index is 11.6. The van der Waals surface area contributed by atoms with Crippen molar-refractivity contribution < 1.29 is 14.6 Å². The molecule has 0 aromatic heterocycles. The van der Waals surface area contributed by atoms with E-state index in [0.29, 0.717) is 17.3 Å². The minimum absolute atomic E-state index is 0.127. The Balaban J connectivity index is 2.34. The Hall–Kier alpha value is -2.36. The molecule has 1 N–H and O–H groups in total. The lowest BCUT2D eigenvalue weighted by molar-refractivity contribution is -0.135. The van der Waals surface area contributed by atoms with Gasteiger partial charge in [-0.25, -0.2) is 9.79 Å². The van der Waals surface area contributed by atoms with Crippen molar-refractivity contribution in [3.8, 4) is 0 Å². The zero-order valence-electron chi connectivity index (χ0n) is 12.7. The second-order valence-electron chi connectivity index (χ2n) is 5.26. The van der Waals surface area contributed by atoms with Crippen LogP contribution in [0, 0.1) is 0 Å². The largest absolute Gasteiger partial charge is 0.505 e. The van der Waals surface area contributed by atoms with Crippen LogP contribution in [0.2, 0.25) is 0 Å². The fourth-order valence-corrected chi connectivity index (χ4v) is 2.17. The first-order valence-corrected chi connectivity index (χ1v) is 6.83. The number of esters is 1. The van der Waals surface area contributed by atoms with Crippen LogP contribution in [0.15, 0.2) is 46.3 Å². The van der Waals surface area contributed by atoms with Crippen LogP contribution in [-0.2, 0) is 9.53 Å². The smallest absolute Gasteiger partial charge is 0.343 e. The Morgan fingerprint density at radius 3 is 2.43 bits per heavy atom. The summed E-state index contributed by atoms with van der Waals surface area (Å²) < 4.78 is 4.65. The van der Waals surface area contributed by atoms with E-state index in [1.807, 2.05) is 24.3 Å². The summed E-state index contributed by atoms with van der Waals surface area (Å²) >= 11 is 0. The molecule has 1 heterocycles. The molecule has 1 aliphatic rings. The summed E-state index contributed by atoms with van der Waals surface area (Å²) in [5.41, 5.74) is 3.14. The van der Waals surface area contributed by atoms with Gasteiger partial charge in [-0.1, -0.05) is 38.1 Å². The molecule has 0 atom stereocenters.